The highest BCUT2D eigenvalue weighted by Crippen LogP contribution is 2.52. The Hall–Kier alpha value is -3.76. The number of benzene rings is 4. The molecule has 0 spiro atoms. The predicted octanol–water partition coefficient (Wildman–Crippen LogP) is 8.29. The molecule has 1 N–H and O–H groups in total. The molecule has 1 aliphatic rings. The number of aromatic nitrogens is 1. The first-order chi connectivity index (χ1) is 17.7. The molecule has 0 unspecified atom stereocenters. The molecule has 0 radical (unpaired) electrons. The molecule has 1 aromatic heterocycles. The van der Waals surface area contributed by atoms with Gasteiger partial charge in [-0.15, -0.1) is 11.3 Å². The summed E-state index contributed by atoms with van der Waals surface area (Å²) in [5.74, 6) is 0.0800. The van der Waals surface area contributed by atoms with E-state index < -0.39 is 5.41 Å². The minimum absolute atomic E-state index is 0.0000930. The van der Waals surface area contributed by atoms with E-state index in [1.165, 1.54) is 33.2 Å². The van der Waals surface area contributed by atoms with Gasteiger partial charge in [-0.2, -0.15) is 0 Å². The van der Waals surface area contributed by atoms with Gasteiger partial charge in [-0.1, -0.05) is 116 Å². The molecule has 0 saturated heterocycles. The lowest BCUT2D eigenvalue weighted by molar-refractivity contribution is -0.126. The van der Waals surface area contributed by atoms with E-state index in [-0.39, 0.29) is 11.8 Å². The first-order valence-corrected chi connectivity index (χ1v) is 13.5. The maximum atomic E-state index is 14.1. The van der Waals surface area contributed by atoms with Crippen molar-refractivity contribution in [2.45, 2.75) is 31.6 Å². The number of anilines is 1. The van der Waals surface area contributed by atoms with Gasteiger partial charge in [0.05, 0.1) is 11.1 Å². The monoisotopic (exact) mass is 488 g/mol. The summed E-state index contributed by atoms with van der Waals surface area (Å²) in [6.45, 7) is 0. The summed E-state index contributed by atoms with van der Waals surface area (Å²) in [5, 5.41) is 8.32. The van der Waals surface area contributed by atoms with Gasteiger partial charge in [-0.05, 0) is 34.7 Å². The Bertz CT molecular complexity index is 1440. The van der Waals surface area contributed by atoms with Crippen LogP contribution < -0.4 is 5.32 Å². The van der Waals surface area contributed by atoms with Crippen molar-refractivity contribution < 1.29 is 4.79 Å². The number of amides is 1. The Morgan fingerprint density at radius 1 is 0.778 bits per heavy atom. The summed E-state index contributed by atoms with van der Waals surface area (Å²) < 4.78 is 0. The maximum absolute atomic E-state index is 14.1. The van der Waals surface area contributed by atoms with Crippen LogP contribution in [-0.2, 0) is 4.79 Å². The molecule has 1 fully saturated rings. The first kappa shape index (κ1) is 22.7. The van der Waals surface area contributed by atoms with E-state index in [4.69, 9.17) is 4.98 Å². The maximum Gasteiger partial charge on any atom is 0.233 e. The van der Waals surface area contributed by atoms with Crippen LogP contribution in [0.1, 0.15) is 42.7 Å². The molecule has 3 nitrogen and oxygen atoms in total. The van der Waals surface area contributed by atoms with Gasteiger partial charge < -0.3 is 5.32 Å². The number of carbonyl (C=O) groups is 1. The number of rotatable bonds is 6. The second-order valence-electron chi connectivity index (χ2n) is 9.64. The predicted molar refractivity (Wildman–Crippen MR) is 149 cm³/mol. The van der Waals surface area contributed by atoms with Crippen molar-refractivity contribution in [3.05, 3.63) is 120 Å². The molecule has 0 bridgehead atoms. The van der Waals surface area contributed by atoms with Gasteiger partial charge in [0.15, 0.2) is 5.13 Å². The molecule has 0 atom stereocenters. The number of nitrogens with zero attached hydrogens (tertiary/aromatic N) is 1. The van der Waals surface area contributed by atoms with Gasteiger partial charge in [0.25, 0.3) is 0 Å². The second kappa shape index (κ2) is 9.71. The van der Waals surface area contributed by atoms with Crippen molar-refractivity contribution in [3.8, 4) is 11.3 Å². The fraction of sp³-hybridized carbons (Fsp3) is 0.188. The van der Waals surface area contributed by atoms with Crippen LogP contribution in [0.4, 0.5) is 5.13 Å². The lowest BCUT2D eigenvalue weighted by Crippen LogP contribution is -2.39. The highest BCUT2D eigenvalue weighted by Gasteiger charge is 2.49. The average Bonchev–Trinajstić information content (AvgIpc) is 3.61. The van der Waals surface area contributed by atoms with E-state index in [1.807, 2.05) is 17.5 Å². The van der Waals surface area contributed by atoms with Gasteiger partial charge in [-0.3, -0.25) is 4.79 Å². The van der Waals surface area contributed by atoms with Crippen molar-refractivity contribution >= 4 is 33.1 Å². The zero-order chi connectivity index (χ0) is 24.4. The van der Waals surface area contributed by atoms with Gasteiger partial charge in [0.1, 0.15) is 0 Å². The van der Waals surface area contributed by atoms with E-state index >= 15 is 0 Å². The topological polar surface area (TPSA) is 42.0 Å². The van der Waals surface area contributed by atoms with Gasteiger partial charge >= 0.3 is 0 Å². The lowest BCUT2D eigenvalue weighted by Gasteiger charge is -2.37. The number of nitrogens with one attached hydrogen (secondary N) is 1. The molecule has 178 valence electrons. The minimum Gasteiger partial charge on any atom is -0.301 e. The zero-order valence-corrected chi connectivity index (χ0v) is 20.9. The van der Waals surface area contributed by atoms with Crippen LogP contribution in [0.5, 0.6) is 0 Å². The van der Waals surface area contributed by atoms with E-state index in [0.29, 0.717) is 5.13 Å². The molecule has 4 heteroatoms. The molecule has 5 aromatic rings. The van der Waals surface area contributed by atoms with Crippen LogP contribution in [-0.4, -0.2) is 10.9 Å². The molecule has 36 heavy (non-hydrogen) atoms. The van der Waals surface area contributed by atoms with Crippen molar-refractivity contribution in [3.63, 3.8) is 0 Å². The Kier molecular flexibility index (Phi) is 6.12. The van der Waals surface area contributed by atoms with E-state index in [2.05, 4.69) is 96.3 Å². The number of carbonyl (C=O) groups excluding carboxylic acids is 1. The molecule has 1 amide bonds. The van der Waals surface area contributed by atoms with Crippen molar-refractivity contribution in [1.82, 2.24) is 4.98 Å². The Morgan fingerprint density at radius 2 is 1.39 bits per heavy atom. The summed E-state index contributed by atoms with van der Waals surface area (Å²) in [4.78, 5) is 19.0. The van der Waals surface area contributed by atoms with E-state index in [9.17, 15) is 4.79 Å². The van der Waals surface area contributed by atoms with Gasteiger partial charge in [0, 0.05) is 16.9 Å². The summed E-state index contributed by atoms with van der Waals surface area (Å²) in [6, 6.07) is 35.6. The summed E-state index contributed by atoms with van der Waals surface area (Å²) in [5.41, 5.74) is 3.86. The molecule has 1 aliphatic carbocycles. The van der Waals surface area contributed by atoms with Crippen molar-refractivity contribution in [2.75, 3.05) is 5.32 Å². The highest BCUT2D eigenvalue weighted by atomic mass is 32.1. The molecular formula is C32H28N2OS. The third kappa shape index (κ3) is 4.12. The number of fused-ring (bicyclic) bond motifs is 1. The van der Waals surface area contributed by atoms with Crippen LogP contribution in [0, 0.1) is 5.41 Å². The second-order valence-corrected chi connectivity index (χ2v) is 10.5. The zero-order valence-electron chi connectivity index (χ0n) is 20.1. The van der Waals surface area contributed by atoms with E-state index in [1.54, 1.807) is 0 Å². The molecule has 4 aromatic carbocycles. The number of hydrogen-bond acceptors (Lipinski definition) is 3. The smallest absolute Gasteiger partial charge is 0.233 e. The average molecular weight is 489 g/mol. The third-order valence-corrected chi connectivity index (χ3v) is 8.31. The normalized spacial score (nSPS) is 14.8. The highest BCUT2D eigenvalue weighted by molar-refractivity contribution is 7.14. The summed E-state index contributed by atoms with van der Waals surface area (Å²) in [6.07, 6.45) is 3.86. The molecule has 0 aliphatic heterocycles. The summed E-state index contributed by atoms with van der Waals surface area (Å²) in [7, 11) is 0. The van der Waals surface area contributed by atoms with Crippen molar-refractivity contribution in [2.24, 2.45) is 5.41 Å². The van der Waals surface area contributed by atoms with Crippen molar-refractivity contribution in [1.29, 1.82) is 0 Å². The van der Waals surface area contributed by atoms with Crippen LogP contribution in [0.25, 0.3) is 22.0 Å². The third-order valence-electron chi connectivity index (χ3n) is 7.56. The molecule has 1 saturated carbocycles. The van der Waals surface area contributed by atoms with Crippen LogP contribution in [0.15, 0.2) is 109 Å². The Balaban J connectivity index is 1.35. The Morgan fingerprint density at radius 3 is 2.08 bits per heavy atom. The quantitative estimate of drug-likeness (QED) is 0.261. The fourth-order valence-corrected chi connectivity index (χ4v) is 6.61. The lowest BCUT2D eigenvalue weighted by atomic mass is 9.67. The van der Waals surface area contributed by atoms with Gasteiger partial charge in [-0.25, -0.2) is 4.98 Å². The first-order valence-electron chi connectivity index (χ1n) is 12.6. The largest absolute Gasteiger partial charge is 0.301 e. The minimum atomic E-state index is -0.506. The van der Waals surface area contributed by atoms with Gasteiger partial charge in [0.2, 0.25) is 5.91 Å². The Labute approximate surface area is 215 Å². The summed E-state index contributed by atoms with van der Waals surface area (Å²) >= 11 is 1.50. The van der Waals surface area contributed by atoms with Crippen LogP contribution in [0.3, 0.4) is 0 Å². The molecular weight excluding hydrogens is 460 g/mol. The number of hydrogen-bond donors (Lipinski definition) is 1. The number of thiazole rings is 1. The molecule has 1 heterocycles. The van der Waals surface area contributed by atoms with E-state index in [0.717, 1.165) is 36.9 Å². The van der Waals surface area contributed by atoms with Crippen LogP contribution in [0.2, 0.25) is 0 Å². The van der Waals surface area contributed by atoms with Crippen LogP contribution >= 0.6 is 11.3 Å². The SMILES string of the molecule is O=C(Nc1nc(-c2cccc3ccccc23)cs1)C1(C(c2ccccc2)c2ccccc2)CCCC1. The fourth-order valence-electron chi connectivity index (χ4n) is 5.90. The standard InChI is InChI=1S/C32H28N2OS/c35-30(34-31-33-28(22-36-31)27-19-11-17-23-12-7-8-18-26(23)27)32(20-9-10-21-32)29(24-13-3-1-4-14-24)25-15-5-2-6-16-25/h1-8,11-19,22,29H,9-10,20-21H2,(H,33,34,35). The molecule has 6 rings (SSSR count).